The van der Waals surface area contributed by atoms with Crippen molar-refractivity contribution in [3.05, 3.63) is 77.4 Å². The van der Waals surface area contributed by atoms with Crippen LogP contribution in [0.2, 0.25) is 0 Å². The maximum Gasteiger partial charge on any atom is 0.262 e. The first-order valence-electron chi connectivity index (χ1n) is 11.7. The van der Waals surface area contributed by atoms with Crippen LogP contribution < -0.4 is 14.8 Å². The summed E-state index contributed by atoms with van der Waals surface area (Å²) in [5.41, 5.74) is 2.11. The molecule has 3 aromatic carbocycles. The van der Waals surface area contributed by atoms with E-state index in [4.69, 9.17) is 4.74 Å². The molecule has 1 heterocycles. The van der Waals surface area contributed by atoms with Crippen LogP contribution >= 0.6 is 0 Å². The van der Waals surface area contributed by atoms with Crippen LogP contribution in [-0.2, 0) is 20.0 Å². The lowest BCUT2D eigenvalue weighted by Crippen LogP contribution is -2.28. The quantitative estimate of drug-likeness (QED) is 0.440. The standard InChI is InChI=1S/C26H29N3O6S2/c1-18-6-10-21(11-7-18)28-36(31,32)25-16-20(9-8-19(25)2)26(30)27-23-17-22(12-13-24(23)35-3)37(33,34)29-14-4-5-15-29/h6-13,16-17,28H,4-5,14-15H2,1-3H3,(H,27,30). The highest BCUT2D eigenvalue weighted by atomic mass is 32.2. The number of carbonyl (C=O) groups excluding carboxylic acids is 1. The number of anilines is 2. The molecule has 2 N–H and O–H groups in total. The molecule has 0 aliphatic carbocycles. The zero-order chi connectivity index (χ0) is 26.8. The molecule has 0 bridgehead atoms. The molecular weight excluding hydrogens is 514 g/mol. The average molecular weight is 544 g/mol. The first-order valence-corrected chi connectivity index (χ1v) is 14.6. The van der Waals surface area contributed by atoms with Crippen molar-refractivity contribution in [2.75, 3.05) is 30.2 Å². The van der Waals surface area contributed by atoms with Gasteiger partial charge >= 0.3 is 0 Å². The molecule has 9 nitrogen and oxygen atoms in total. The van der Waals surface area contributed by atoms with E-state index in [9.17, 15) is 21.6 Å². The van der Waals surface area contributed by atoms with Gasteiger partial charge in [-0.3, -0.25) is 9.52 Å². The second-order valence-electron chi connectivity index (χ2n) is 8.88. The van der Waals surface area contributed by atoms with E-state index in [0.29, 0.717) is 24.3 Å². The molecule has 0 aromatic heterocycles. The maximum absolute atomic E-state index is 13.1. The summed E-state index contributed by atoms with van der Waals surface area (Å²) in [5.74, 6) is -0.337. The van der Waals surface area contributed by atoms with Gasteiger partial charge in [-0.05, 0) is 74.7 Å². The zero-order valence-electron chi connectivity index (χ0n) is 20.8. The van der Waals surface area contributed by atoms with E-state index in [2.05, 4.69) is 10.0 Å². The summed E-state index contributed by atoms with van der Waals surface area (Å²) in [4.78, 5) is 13.1. The zero-order valence-corrected chi connectivity index (χ0v) is 22.4. The van der Waals surface area contributed by atoms with Crippen LogP contribution in [0.1, 0.15) is 34.3 Å². The van der Waals surface area contributed by atoms with Crippen molar-refractivity contribution in [1.82, 2.24) is 4.31 Å². The number of sulfonamides is 2. The molecule has 0 saturated carbocycles. The van der Waals surface area contributed by atoms with Crippen molar-refractivity contribution in [1.29, 1.82) is 0 Å². The fraction of sp³-hybridized carbons (Fsp3) is 0.269. The molecule has 1 aliphatic rings. The number of ether oxygens (including phenoxy) is 1. The minimum atomic E-state index is -3.97. The van der Waals surface area contributed by atoms with E-state index in [1.165, 1.54) is 41.7 Å². The van der Waals surface area contributed by atoms with E-state index >= 15 is 0 Å². The van der Waals surface area contributed by atoms with Crippen LogP contribution in [0.5, 0.6) is 5.75 Å². The Labute approximate surface area is 217 Å². The van der Waals surface area contributed by atoms with Crippen LogP contribution in [0.25, 0.3) is 0 Å². The summed E-state index contributed by atoms with van der Waals surface area (Å²) in [6.45, 7) is 4.44. The summed E-state index contributed by atoms with van der Waals surface area (Å²) in [5, 5.41) is 2.67. The molecule has 37 heavy (non-hydrogen) atoms. The van der Waals surface area contributed by atoms with Crippen LogP contribution in [-0.4, -0.2) is 47.2 Å². The lowest BCUT2D eigenvalue weighted by atomic mass is 10.1. The second-order valence-corrected chi connectivity index (χ2v) is 12.5. The number of methoxy groups -OCH3 is 1. The number of nitrogens with zero attached hydrogens (tertiary/aromatic N) is 1. The number of hydrogen-bond donors (Lipinski definition) is 2. The number of rotatable bonds is 8. The molecule has 0 radical (unpaired) electrons. The number of amides is 1. The van der Waals surface area contributed by atoms with Crippen LogP contribution in [0, 0.1) is 13.8 Å². The van der Waals surface area contributed by atoms with Crippen molar-refractivity contribution in [2.24, 2.45) is 0 Å². The van der Waals surface area contributed by atoms with Gasteiger partial charge in [0.15, 0.2) is 0 Å². The van der Waals surface area contributed by atoms with E-state index in [0.717, 1.165) is 18.4 Å². The van der Waals surface area contributed by atoms with Gasteiger partial charge in [0.25, 0.3) is 15.9 Å². The topological polar surface area (TPSA) is 122 Å². The third kappa shape index (κ3) is 5.79. The molecule has 1 fully saturated rings. The Morgan fingerprint density at radius 1 is 0.892 bits per heavy atom. The number of benzene rings is 3. The molecule has 4 rings (SSSR count). The summed E-state index contributed by atoms with van der Waals surface area (Å²) in [7, 11) is -6.28. The third-order valence-corrected chi connectivity index (χ3v) is 9.58. The largest absolute Gasteiger partial charge is 0.495 e. The predicted molar refractivity (Wildman–Crippen MR) is 142 cm³/mol. The summed E-state index contributed by atoms with van der Waals surface area (Å²) >= 11 is 0. The highest BCUT2D eigenvalue weighted by Crippen LogP contribution is 2.31. The first-order chi connectivity index (χ1) is 17.5. The van der Waals surface area contributed by atoms with Crippen LogP contribution in [0.4, 0.5) is 11.4 Å². The Hall–Kier alpha value is -3.41. The molecule has 0 unspecified atom stereocenters. The normalized spacial score (nSPS) is 14.4. The first kappa shape index (κ1) is 26.6. The maximum atomic E-state index is 13.1. The predicted octanol–water partition coefficient (Wildman–Crippen LogP) is 4.15. The SMILES string of the molecule is COc1ccc(S(=O)(=O)N2CCCC2)cc1NC(=O)c1ccc(C)c(S(=O)(=O)Nc2ccc(C)cc2)c1. The van der Waals surface area contributed by atoms with Gasteiger partial charge in [0.1, 0.15) is 5.75 Å². The van der Waals surface area contributed by atoms with E-state index in [1.54, 1.807) is 37.3 Å². The van der Waals surface area contributed by atoms with E-state index in [1.807, 2.05) is 6.92 Å². The minimum Gasteiger partial charge on any atom is -0.495 e. The van der Waals surface area contributed by atoms with Gasteiger partial charge < -0.3 is 10.1 Å². The third-order valence-electron chi connectivity index (χ3n) is 6.17. The molecule has 1 amide bonds. The Morgan fingerprint density at radius 3 is 2.22 bits per heavy atom. The minimum absolute atomic E-state index is 0.0416. The second kappa shape index (κ2) is 10.5. The molecule has 3 aromatic rings. The van der Waals surface area contributed by atoms with Crippen molar-refractivity contribution in [3.63, 3.8) is 0 Å². The van der Waals surface area contributed by atoms with Crippen LogP contribution in [0.3, 0.4) is 0 Å². The van der Waals surface area contributed by atoms with Crippen LogP contribution in [0.15, 0.2) is 70.5 Å². The van der Waals surface area contributed by atoms with E-state index in [-0.39, 0.29) is 26.8 Å². The number of hydrogen-bond acceptors (Lipinski definition) is 6. The van der Waals surface area contributed by atoms with Gasteiger partial charge in [0.2, 0.25) is 10.0 Å². The smallest absolute Gasteiger partial charge is 0.262 e. The highest BCUT2D eigenvalue weighted by molar-refractivity contribution is 7.92. The Bertz CT molecular complexity index is 1530. The number of carbonyl (C=O) groups is 1. The van der Waals surface area contributed by atoms with Gasteiger partial charge in [-0.2, -0.15) is 4.31 Å². The number of aryl methyl sites for hydroxylation is 2. The summed E-state index contributed by atoms with van der Waals surface area (Å²) in [6.07, 6.45) is 1.60. The van der Waals surface area contributed by atoms with Gasteiger partial charge in [0.05, 0.1) is 22.6 Å². The van der Waals surface area contributed by atoms with Gasteiger partial charge in [-0.1, -0.05) is 23.8 Å². The van der Waals surface area contributed by atoms with Crippen molar-refractivity contribution >= 4 is 37.3 Å². The fourth-order valence-electron chi connectivity index (χ4n) is 4.08. The van der Waals surface area contributed by atoms with Gasteiger partial charge in [-0.15, -0.1) is 0 Å². The molecular formula is C26H29N3O6S2. The monoisotopic (exact) mass is 543 g/mol. The van der Waals surface area contributed by atoms with Crippen molar-refractivity contribution < 1.29 is 26.4 Å². The number of nitrogens with one attached hydrogen (secondary N) is 2. The van der Waals surface area contributed by atoms with Gasteiger partial charge in [-0.25, -0.2) is 16.8 Å². The lowest BCUT2D eigenvalue weighted by molar-refractivity contribution is 0.102. The molecule has 1 saturated heterocycles. The lowest BCUT2D eigenvalue weighted by Gasteiger charge is -2.18. The van der Waals surface area contributed by atoms with Crippen molar-refractivity contribution in [3.8, 4) is 5.75 Å². The molecule has 196 valence electrons. The Morgan fingerprint density at radius 2 is 1.57 bits per heavy atom. The molecule has 0 atom stereocenters. The summed E-state index contributed by atoms with van der Waals surface area (Å²) < 4.78 is 61.4. The summed E-state index contributed by atoms with van der Waals surface area (Å²) in [6, 6.07) is 15.5. The highest BCUT2D eigenvalue weighted by Gasteiger charge is 2.28. The fourth-order valence-corrected chi connectivity index (χ4v) is 6.95. The Kier molecular flexibility index (Phi) is 7.58. The molecule has 1 aliphatic heterocycles. The average Bonchev–Trinajstić information content (AvgIpc) is 3.41. The molecule has 11 heteroatoms. The van der Waals surface area contributed by atoms with Gasteiger partial charge in [0, 0.05) is 24.3 Å². The molecule has 0 spiro atoms. The Balaban J connectivity index is 1.62. The van der Waals surface area contributed by atoms with Crippen molar-refractivity contribution in [2.45, 2.75) is 36.5 Å². The van der Waals surface area contributed by atoms with E-state index < -0.39 is 26.0 Å².